The van der Waals surface area contributed by atoms with Crippen LogP contribution in [0, 0.1) is 0 Å². The Hall–Kier alpha value is -4.38. The summed E-state index contributed by atoms with van der Waals surface area (Å²) in [6, 6.07) is 23.3. The van der Waals surface area contributed by atoms with E-state index < -0.39 is 44.5 Å². The third kappa shape index (κ3) is 6.57. The molecule has 0 bridgehead atoms. The zero-order valence-corrected chi connectivity index (χ0v) is 25.9. The number of halogens is 1. The van der Waals surface area contributed by atoms with Gasteiger partial charge in [0.2, 0.25) is 5.91 Å². The summed E-state index contributed by atoms with van der Waals surface area (Å²) in [5.74, 6) is -2.24. The fourth-order valence-electron chi connectivity index (χ4n) is 4.80. The van der Waals surface area contributed by atoms with Crippen LogP contribution in [0.2, 0.25) is 0 Å². The Morgan fingerprint density at radius 3 is 2.12 bits per heavy atom. The van der Waals surface area contributed by atoms with Gasteiger partial charge in [-0.1, -0.05) is 59.1 Å². The molecule has 216 valence electrons. The highest BCUT2D eigenvalue weighted by Gasteiger charge is 2.43. The Morgan fingerprint density at radius 2 is 1.52 bits per heavy atom. The van der Waals surface area contributed by atoms with Gasteiger partial charge in [-0.15, -0.1) is 20.7 Å². The van der Waals surface area contributed by atoms with Crippen LogP contribution in [-0.2, 0) is 19.2 Å². The van der Waals surface area contributed by atoms with Gasteiger partial charge < -0.3 is 10.2 Å². The van der Waals surface area contributed by atoms with E-state index in [4.69, 9.17) is 0 Å². The molecule has 0 aromatic heterocycles. The van der Waals surface area contributed by atoms with Crippen LogP contribution < -0.4 is 20.0 Å². The van der Waals surface area contributed by atoms with Gasteiger partial charge in [-0.3, -0.25) is 29.0 Å². The van der Waals surface area contributed by atoms with Gasteiger partial charge in [0.25, 0.3) is 17.7 Å². The Kier molecular flexibility index (Phi) is 10.2. The van der Waals surface area contributed by atoms with Crippen molar-refractivity contribution >= 4 is 71.6 Å². The summed E-state index contributed by atoms with van der Waals surface area (Å²) < 4.78 is 5.69. The maximum atomic E-state index is 14.3. The summed E-state index contributed by atoms with van der Waals surface area (Å²) in [4.78, 5) is 60.0. The first kappa shape index (κ1) is 30.6. The SMILES string of the molecule is C=I/C=C\C(=C/C)C(=O)NC1C(=O)N(CC(=O)N(c2ccccc2)C(C)C)c2ccccc2N(c2ccccc2)C1=O. The van der Waals surface area contributed by atoms with Crippen LogP contribution in [0.4, 0.5) is 22.7 Å². The van der Waals surface area contributed by atoms with E-state index in [2.05, 4.69) is 9.83 Å². The minimum Gasteiger partial charge on any atom is -0.332 e. The molecule has 0 spiro atoms. The van der Waals surface area contributed by atoms with Gasteiger partial charge in [-0.25, -0.2) is 0 Å². The number of benzene rings is 3. The van der Waals surface area contributed by atoms with Gasteiger partial charge in [0.05, 0.1) is 11.4 Å². The lowest BCUT2D eigenvalue weighted by Gasteiger charge is -2.31. The smallest absolute Gasteiger partial charge is 0.264 e. The number of carbonyl (C=O) groups excluding carboxylic acids is 4. The molecule has 1 N–H and O–H groups in total. The standard InChI is InChI=1S/C33H33IN4O4/c1-5-24(20-21-34-4)31(40)35-30-32(41)36(22-29(39)37(23(2)3)25-14-8-6-9-15-25)27-18-12-13-19-28(27)38(33(30)42)26-16-10-7-11-17-26/h5-21,23,30H,4,22H2,1-3H3,(H,35,40)/b21-20-,24-5+. The van der Waals surface area contributed by atoms with Crippen molar-refractivity contribution in [2.45, 2.75) is 32.9 Å². The van der Waals surface area contributed by atoms with Gasteiger partial charge in [0.15, 0.2) is 6.04 Å². The van der Waals surface area contributed by atoms with E-state index in [0.717, 1.165) is 0 Å². The number of allylic oxidation sites excluding steroid dienone is 1. The van der Waals surface area contributed by atoms with Gasteiger partial charge in [-0.05, 0) is 67.3 Å². The molecule has 42 heavy (non-hydrogen) atoms. The van der Waals surface area contributed by atoms with Crippen molar-refractivity contribution in [2.24, 2.45) is 0 Å². The molecule has 4 amide bonds. The predicted octanol–water partition coefficient (Wildman–Crippen LogP) is 5.49. The number of carbonyl (C=O) groups is 4. The Bertz CT molecular complexity index is 1540. The number of anilines is 4. The molecule has 4 rings (SSSR count). The average molecular weight is 677 g/mol. The lowest BCUT2D eigenvalue weighted by molar-refractivity contribution is -0.133. The topological polar surface area (TPSA) is 90.0 Å². The Labute approximate surface area is 256 Å². The molecule has 0 saturated heterocycles. The van der Waals surface area contributed by atoms with Crippen LogP contribution in [-0.4, -0.2) is 46.8 Å². The molecular weight excluding hydrogens is 643 g/mol. The van der Waals surface area contributed by atoms with Crippen LogP contribution in [0.25, 0.3) is 0 Å². The molecule has 1 heterocycles. The van der Waals surface area contributed by atoms with Crippen molar-refractivity contribution in [3.05, 3.63) is 107 Å². The molecular formula is C33H33IN4O4. The van der Waals surface area contributed by atoms with E-state index in [0.29, 0.717) is 28.3 Å². The summed E-state index contributed by atoms with van der Waals surface area (Å²) in [6.45, 7) is 5.16. The molecule has 1 aliphatic rings. The number of amides is 4. The second-order valence-electron chi connectivity index (χ2n) is 9.71. The van der Waals surface area contributed by atoms with Crippen LogP contribution >= 0.6 is 20.7 Å². The average Bonchev–Trinajstić information content (AvgIpc) is 3.07. The molecule has 9 heteroatoms. The summed E-state index contributed by atoms with van der Waals surface area (Å²) >= 11 is -0.464. The minimum absolute atomic E-state index is 0.199. The highest BCUT2D eigenvalue weighted by atomic mass is 127. The first-order chi connectivity index (χ1) is 20.3. The fraction of sp³-hybridized carbons (Fsp3) is 0.182. The van der Waals surface area contributed by atoms with Crippen molar-refractivity contribution in [1.82, 2.24) is 5.32 Å². The van der Waals surface area contributed by atoms with Crippen molar-refractivity contribution in [2.75, 3.05) is 21.2 Å². The highest BCUT2D eigenvalue weighted by molar-refractivity contribution is 14.2. The summed E-state index contributed by atoms with van der Waals surface area (Å²) in [7, 11) is 0. The number of hydrogen-bond acceptors (Lipinski definition) is 4. The van der Waals surface area contributed by atoms with E-state index in [-0.39, 0.29) is 18.5 Å². The number of para-hydroxylation sites is 4. The van der Waals surface area contributed by atoms with Gasteiger partial charge in [0.1, 0.15) is 6.54 Å². The van der Waals surface area contributed by atoms with E-state index in [9.17, 15) is 19.2 Å². The molecule has 3 aromatic rings. The first-order valence-electron chi connectivity index (χ1n) is 13.5. The second kappa shape index (κ2) is 14.0. The third-order valence-electron chi connectivity index (χ3n) is 6.70. The lowest BCUT2D eigenvalue weighted by Crippen LogP contribution is -2.56. The molecule has 1 unspecified atom stereocenters. The van der Waals surface area contributed by atoms with E-state index in [1.807, 2.05) is 54.3 Å². The fourth-order valence-corrected chi connectivity index (χ4v) is 5.44. The summed E-state index contributed by atoms with van der Waals surface area (Å²) in [5.41, 5.74) is 2.34. The molecule has 0 fully saturated rings. The van der Waals surface area contributed by atoms with Crippen LogP contribution in [0.5, 0.6) is 0 Å². The Morgan fingerprint density at radius 1 is 0.929 bits per heavy atom. The van der Waals surface area contributed by atoms with Crippen molar-refractivity contribution in [1.29, 1.82) is 0 Å². The second-order valence-corrected chi connectivity index (χ2v) is 11.3. The number of nitrogens with one attached hydrogen (secondary N) is 1. The highest BCUT2D eigenvalue weighted by Crippen LogP contribution is 2.38. The number of nitrogens with zero attached hydrogens (tertiary/aromatic N) is 3. The zero-order valence-electron chi connectivity index (χ0n) is 23.7. The molecule has 0 saturated carbocycles. The van der Waals surface area contributed by atoms with E-state index in [1.54, 1.807) is 72.5 Å². The van der Waals surface area contributed by atoms with Crippen LogP contribution in [0.1, 0.15) is 20.8 Å². The number of fused-ring (bicyclic) bond motifs is 1. The molecule has 3 aromatic carbocycles. The normalized spacial score (nSPS) is 15.5. The largest absolute Gasteiger partial charge is 0.332 e. The maximum Gasteiger partial charge on any atom is 0.264 e. The number of rotatable bonds is 9. The molecule has 0 radical (unpaired) electrons. The van der Waals surface area contributed by atoms with Gasteiger partial charge in [-0.2, -0.15) is 0 Å². The van der Waals surface area contributed by atoms with Crippen LogP contribution in [0.3, 0.4) is 0 Å². The molecule has 1 aliphatic heterocycles. The molecule has 0 aliphatic carbocycles. The maximum absolute atomic E-state index is 14.3. The lowest BCUT2D eigenvalue weighted by atomic mass is 10.1. The number of hydrogen-bond donors (Lipinski definition) is 1. The van der Waals surface area contributed by atoms with Gasteiger partial charge >= 0.3 is 0 Å². The van der Waals surface area contributed by atoms with Crippen LogP contribution in [0.15, 0.2) is 107 Å². The van der Waals surface area contributed by atoms with Gasteiger partial charge in [0, 0.05) is 23.0 Å². The summed E-state index contributed by atoms with van der Waals surface area (Å²) in [6.07, 6.45) is 3.26. The van der Waals surface area contributed by atoms with E-state index in [1.165, 1.54) is 9.80 Å². The van der Waals surface area contributed by atoms with Crippen molar-refractivity contribution < 1.29 is 19.2 Å². The monoisotopic (exact) mass is 676 g/mol. The molecule has 1 atom stereocenters. The first-order valence-corrected chi connectivity index (χ1v) is 16.2. The zero-order chi connectivity index (χ0) is 30.2. The van der Waals surface area contributed by atoms with Crippen molar-refractivity contribution in [3.63, 3.8) is 0 Å². The van der Waals surface area contributed by atoms with Crippen molar-refractivity contribution in [3.8, 4) is 0 Å². The minimum atomic E-state index is -1.58. The Balaban J connectivity index is 1.82. The molecule has 8 nitrogen and oxygen atoms in total. The van der Waals surface area contributed by atoms with E-state index >= 15 is 0 Å². The quantitative estimate of drug-likeness (QED) is 0.141. The summed E-state index contributed by atoms with van der Waals surface area (Å²) in [5, 5.41) is 2.67. The third-order valence-corrected chi connectivity index (χ3v) is 7.57. The predicted molar refractivity (Wildman–Crippen MR) is 177 cm³/mol.